The van der Waals surface area contributed by atoms with Crippen molar-refractivity contribution in [2.45, 2.75) is 6.61 Å². The van der Waals surface area contributed by atoms with Crippen LogP contribution in [0.4, 0.5) is 5.69 Å². The third-order valence-electron chi connectivity index (χ3n) is 4.41. The standard InChI is InChI=1S/C23H15BrClNO2S2/c24-17-10-11-20(28-14-15-6-4-5-9-19(15)25)16(12-17)13-21-22(27)26(23(29)30-21)18-7-2-1-3-8-18/h1-13H,14H2/b21-13+. The molecule has 0 unspecified atom stereocenters. The molecule has 3 aromatic carbocycles. The Morgan fingerprint density at radius 1 is 1.07 bits per heavy atom. The van der Waals surface area contributed by atoms with Crippen LogP contribution in [0.25, 0.3) is 6.08 Å². The van der Waals surface area contributed by atoms with Gasteiger partial charge in [-0.25, -0.2) is 0 Å². The molecule has 0 aliphatic carbocycles. The molecule has 0 aromatic heterocycles. The van der Waals surface area contributed by atoms with E-state index in [-0.39, 0.29) is 5.91 Å². The number of nitrogens with zero attached hydrogens (tertiary/aromatic N) is 1. The lowest BCUT2D eigenvalue weighted by Gasteiger charge is -2.14. The summed E-state index contributed by atoms with van der Waals surface area (Å²) in [7, 11) is 0. The van der Waals surface area contributed by atoms with Gasteiger partial charge in [-0.1, -0.05) is 87.9 Å². The summed E-state index contributed by atoms with van der Waals surface area (Å²) < 4.78 is 7.42. The van der Waals surface area contributed by atoms with Gasteiger partial charge in [0.2, 0.25) is 0 Å². The molecule has 1 aliphatic rings. The van der Waals surface area contributed by atoms with Gasteiger partial charge >= 0.3 is 0 Å². The van der Waals surface area contributed by atoms with Crippen LogP contribution >= 0.6 is 51.5 Å². The van der Waals surface area contributed by atoms with Gasteiger partial charge in [0.25, 0.3) is 5.91 Å². The van der Waals surface area contributed by atoms with E-state index in [9.17, 15) is 4.79 Å². The van der Waals surface area contributed by atoms with Gasteiger partial charge in [0.1, 0.15) is 12.4 Å². The number of carbonyl (C=O) groups excluding carboxylic acids is 1. The number of hydrogen-bond donors (Lipinski definition) is 0. The topological polar surface area (TPSA) is 29.5 Å². The number of para-hydroxylation sites is 1. The molecule has 1 saturated heterocycles. The van der Waals surface area contributed by atoms with Crippen LogP contribution in [0.2, 0.25) is 5.02 Å². The summed E-state index contributed by atoms with van der Waals surface area (Å²) in [6, 6.07) is 22.6. The van der Waals surface area contributed by atoms with Crippen LogP contribution in [0.15, 0.2) is 82.2 Å². The van der Waals surface area contributed by atoms with Crippen LogP contribution < -0.4 is 9.64 Å². The van der Waals surface area contributed by atoms with Crippen molar-refractivity contribution in [2.24, 2.45) is 0 Å². The molecular weight excluding hydrogens is 502 g/mol. The maximum atomic E-state index is 13.0. The quantitative estimate of drug-likeness (QED) is 0.267. The first-order valence-corrected chi connectivity index (χ1v) is 11.4. The number of halogens is 2. The molecule has 30 heavy (non-hydrogen) atoms. The van der Waals surface area contributed by atoms with Crippen molar-refractivity contribution < 1.29 is 9.53 Å². The molecule has 4 rings (SSSR count). The van der Waals surface area contributed by atoms with Gasteiger partial charge in [-0.2, -0.15) is 0 Å². The molecule has 0 atom stereocenters. The van der Waals surface area contributed by atoms with E-state index in [4.69, 9.17) is 28.6 Å². The Hall–Kier alpha value is -2.12. The second kappa shape index (κ2) is 9.35. The van der Waals surface area contributed by atoms with Crippen molar-refractivity contribution in [1.82, 2.24) is 0 Å². The molecule has 150 valence electrons. The largest absolute Gasteiger partial charge is 0.488 e. The summed E-state index contributed by atoms with van der Waals surface area (Å²) in [6.45, 7) is 0.327. The number of carbonyl (C=O) groups is 1. The van der Waals surface area contributed by atoms with Gasteiger partial charge < -0.3 is 4.74 Å². The third kappa shape index (κ3) is 4.62. The van der Waals surface area contributed by atoms with Crippen LogP contribution in [-0.2, 0) is 11.4 Å². The fourth-order valence-corrected chi connectivity index (χ4v) is 4.80. The van der Waals surface area contributed by atoms with Crippen molar-refractivity contribution in [3.8, 4) is 5.75 Å². The van der Waals surface area contributed by atoms with Gasteiger partial charge in [-0.3, -0.25) is 9.69 Å². The summed E-state index contributed by atoms with van der Waals surface area (Å²) in [6.07, 6.45) is 1.81. The van der Waals surface area contributed by atoms with Crippen molar-refractivity contribution >= 4 is 73.5 Å². The maximum Gasteiger partial charge on any atom is 0.270 e. The molecule has 0 radical (unpaired) electrons. The Kier molecular flexibility index (Phi) is 6.58. The molecule has 1 amide bonds. The molecule has 7 heteroatoms. The maximum absolute atomic E-state index is 13.0. The van der Waals surface area contributed by atoms with E-state index in [1.807, 2.05) is 78.9 Å². The molecule has 0 N–H and O–H groups in total. The second-order valence-corrected chi connectivity index (χ2v) is 9.41. The fraction of sp³-hybridized carbons (Fsp3) is 0.0435. The zero-order valence-corrected chi connectivity index (χ0v) is 19.5. The third-order valence-corrected chi connectivity index (χ3v) is 6.57. The average molecular weight is 517 g/mol. The number of rotatable bonds is 5. The first kappa shape index (κ1) is 21.1. The lowest BCUT2D eigenvalue weighted by atomic mass is 10.1. The summed E-state index contributed by atoms with van der Waals surface area (Å²) in [4.78, 5) is 15.1. The Balaban J connectivity index is 1.62. The van der Waals surface area contributed by atoms with E-state index >= 15 is 0 Å². The molecule has 1 fully saturated rings. The molecule has 0 bridgehead atoms. The van der Waals surface area contributed by atoms with E-state index in [0.717, 1.165) is 21.3 Å². The summed E-state index contributed by atoms with van der Waals surface area (Å²) in [5.74, 6) is 0.510. The van der Waals surface area contributed by atoms with Crippen LogP contribution in [0.5, 0.6) is 5.75 Å². The predicted molar refractivity (Wildman–Crippen MR) is 132 cm³/mol. The number of thioether (sulfide) groups is 1. The highest BCUT2D eigenvalue weighted by molar-refractivity contribution is 9.10. The average Bonchev–Trinajstić information content (AvgIpc) is 3.02. The first-order valence-electron chi connectivity index (χ1n) is 9.02. The van der Waals surface area contributed by atoms with Crippen LogP contribution in [0.1, 0.15) is 11.1 Å². The van der Waals surface area contributed by atoms with Crippen molar-refractivity contribution in [1.29, 1.82) is 0 Å². The smallest absolute Gasteiger partial charge is 0.270 e. The summed E-state index contributed by atoms with van der Waals surface area (Å²) >= 11 is 16.5. The van der Waals surface area contributed by atoms with Crippen molar-refractivity contribution in [2.75, 3.05) is 4.90 Å². The zero-order chi connectivity index (χ0) is 21.1. The van der Waals surface area contributed by atoms with Crippen LogP contribution in [-0.4, -0.2) is 10.2 Å². The van der Waals surface area contributed by atoms with E-state index < -0.39 is 0 Å². The first-order chi connectivity index (χ1) is 14.5. The molecule has 3 aromatic rings. The molecule has 1 heterocycles. The highest BCUT2D eigenvalue weighted by atomic mass is 79.9. The van der Waals surface area contributed by atoms with Gasteiger partial charge in [0.15, 0.2) is 4.32 Å². The molecule has 0 spiro atoms. The Morgan fingerprint density at radius 3 is 2.57 bits per heavy atom. The Labute approximate surface area is 197 Å². The zero-order valence-electron chi connectivity index (χ0n) is 15.5. The highest BCUT2D eigenvalue weighted by Gasteiger charge is 2.33. The molecule has 3 nitrogen and oxygen atoms in total. The lowest BCUT2D eigenvalue weighted by molar-refractivity contribution is -0.113. The lowest BCUT2D eigenvalue weighted by Crippen LogP contribution is -2.27. The highest BCUT2D eigenvalue weighted by Crippen LogP contribution is 2.37. The SMILES string of the molecule is O=C1/C(=C\c2cc(Br)ccc2OCc2ccccc2Cl)SC(=S)N1c1ccccc1. The van der Waals surface area contributed by atoms with Crippen molar-refractivity contribution in [3.63, 3.8) is 0 Å². The number of anilines is 1. The second-order valence-electron chi connectivity index (χ2n) is 6.41. The van der Waals surface area contributed by atoms with Crippen LogP contribution in [0.3, 0.4) is 0 Å². The van der Waals surface area contributed by atoms with Gasteiger partial charge in [-0.15, -0.1) is 0 Å². The van der Waals surface area contributed by atoms with Gasteiger partial charge in [-0.05, 0) is 42.5 Å². The minimum Gasteiger partial charge on any atom is -0.488 e. The molecular formula is C23H15BrClNO2S2. The normalized spacial score (nSPS) is 15.1. The van der Waals surface area contributed by atoms with E-state index in [1.165, 1.54) is 11.8 Å². The van der Waals surface area contributed by atoms with Crippen molar-refractivity contribution in [3.05, 3.63) is 98.3 Å². The van der Waals surface area contributed by atoms with E-state index in [0.29, 0.717) is 26.6 Å². The van der Waals surface area contributed by atoms with E-state index in [1.54, 1.807) is 4.90 Å². The summed E-state index contributed by atoms with van der Waals surface area (Å²) in [5, 5.41) is 0.653. The van der Waals surface area contributed by atoms with E-state index in [2.05, 4.69) is 15.9 Å². The molecule has 0 saturated carbocycles. The Bertz CT molecular complexity index is 1150. The van der Waals surface area contributed by atoms with Gasteiger partial charge in [0.05, 0.1) is 10.6 Å². The monoisotopic (exact) mass is 515 g/mol. The minimum atomic E-state index is -0.145. The van der Waals surface area contributed by atoms with Gasteiger partial charge in [0, 0.05) is 20.6 Å². The number of amides is 1. The number of hydrogen-bond acceptors (Lipinski definition) is 4. The minimum absolute atomic E-state index is 0.145. The molecule has 1 aliphatic heterocycles. The summed E-state index contributed by atoms with van der Waals surface area (Å²) in [5.41, 5.74) is 2.43. The number of ether oxygens (including phenoxy) is 1. The Morgan fingerprint density at radius 2 is 1.80 bits per heavy atom. The fourth-order valence-electron chi connectivity index (χ4n) is 2.94. The predicted octanol–water partition coefficient (Wildman–Crippen LogP) is 7.09. The van der Waals surface area contributed by atoms with Crippen LogP contribution in [0, 0.1) is 0 Å². The number of thiocarbonyl (C=S) groups is 1. The number of benzene rings is 3.